The number of nitrogens with two attached hydrogens (primary N) is 1. The van der Waals surface area contributed by atoms with Crippen LogP contribution in [0.2, 0.25) is 0 Å². The van der Waals surface area contributed by atoms with Crippen LogP contribution in [0.25, 0.3) is 0 Å². The fourth-order valence-corrected chi connectivity index (χ4v) is 7.62. The first-order valence-electron chi connectivity index (χ1n) is 7.43. The van der Waals surface area contributed by atoms with Gasteiger partial charge in [-0.15, -0.1) is 0 Å². The van der Waals surface area contributed by atoms with E-state index >= 15 is 0 Å². The lowest BCUT2D eigenvalue weighted by molar-refractivity contribution is -0.209. The average molecular weight is 217 g/mol. The first-order valence-corrected chi connectivity index (χ1v) is 7.43. The van der Waals surface area contributed by atoms with Gasteiger partial charge >= 0.3 is 0 Å². The van der Waals surface area contributed by atoms with Gasteiger partial charge < -0.3 is 5.73 Å². The Bertz CT molecular complexity index is 372. The molecule has 0 heterocycles. The normalized spacial score (nSPS) is 63.2. The average Bonchev–Trinajstić information content (AvgIpc) is 2.56. The van der Waals surface area contributed by atoms with Crippen LogP contribution < -0.4 is 5.73 Å². The quantitative estimate of drug-likeness (QED) is 0.718. The summed E-state index contributed by atoms with van der Waals surface area (Å²) in [5, 5.41) is 0. The molecule has 0 aromatic heterocycles. The van der Waals surface area contributed by atoms with E-state index in [2.05, 4.69) is 0 Å². The van der Waals surface area contributed by atoms with Crippen molar-refractivity contribution in [3.8, 4) is 0 Å². The van der Waals surface area contributed by atoms with Crippen LogP contribution in [-0.2, 0) is 0 Å². The third kappa shape index (κ3) is 0.652. The minimum absolute atomic E-state index is 0.613. The Labute approximate surface area is 98.2 Å². The third-order valence-corrected chi connectivity index (χ3v) is 7.79. The number of hydrogen-bond donors (Lipinski definition) is 1. The predicted molar refractivity (Wildman–Crippen MR) is 63.8 cm³/mol. The molecule has 5 aliphatic carbocycles. The monoisotopic (exact) mass is 217 g/mol. The molecule has 5 fully saturated rings. The molecule has 5 aliphatic rings. The summed E-state index contributed by atoms with van der Waals surface area (Å²) in [6, 6.07) is 0. The van der Waals surface area contributed by atoms with Crippen LogP contribution in [0.5, 0.6) is 0 Å². The molecule has 3 bridgehead atoms. The van der Waals surface area contributed by atoms with Crippen molar-refractivity contribution in [2.24, 2.45) is 39.7 Å². The Morgan fingerprint density at radius 3 is 2.56 bits per heavy atom. The minimum Gasteiger partial charge on any atom is -0.330 e. The summed E-state index contributed by atoms with van der Waals surface area (Å²) in [7, 11) is 0. The van der Waals surface area contributed by atoms with Crippen molar-refractivity contribution in [3.05, 3.63) is 0 Å². The van der Waals surface area contributed by atoms with Gasteiger partial charge in [-0.25, -0.2) is 0 Å². The number of fused-ring (bicyclic) bond motifs is 4. The Balaban J connectivity index is 1.65. The van der Waals surface area contributed by atoms with Crippen molar-refractivity contribution in [2.45, 2.75) is 51.4 Å². The Morgan fingerprint density at radius 1 is 1.00 bits per heavy atom. The summed E-state index contributed by atoms with van der Waals surface area (Å²) in [4.78, 5) is 0. The second-order valence-electron chi connectivity index (χ2n) is 8.02. The van der Waals surface area contributed by atoms with Gasteiger partial charge in [-0.3, -0.25) is 0 Å². The fourth-order valence-electron chi connectivity index (χ4n) is 7.62. The smallest absolute Gasteiger partial charge is 0.00201 e. The second-order valence-corrected chi connectivity index (χ2v) is 8.02. The van der Waals surface area contributed by atoms with Crippen LogP contribution in [0.4, 0.5) is 0 Å². The highest BCUT2D eigenvalue weighted by molar-refractivity contribution is 5.29. The molecule has 0 amide bonds. The Morgan fingerprint density at radius 2 is 1.88 bits per heavy atom. The molecule has 2 N–H and O–H groups in total. The number of rotatable bonds is 1. The lowest BCUT2D eigenvalue weighted by Crippen LogP contribution is -2.62. The van der Waals surface area contributed by atoms with Crippen molar-refractivity contribution in [1.29, 1.82) is 0 Å². The summed E-state index contributed by atoms with van der Waals surface area (Å²) in [5.74, 6) is 3.35. The van der Waals surface area contributed by atoms with Gasteiger partial charge in [0, 0.05) is 0 Å². The first-order chi connectivity index (χ1) is 7.73. The predicted octanol–water partition coefficient (Wildman–Crippen LogP) is 2.94. The largest absolute Gasteiger partial charge is 0.330 e. The summed E-state index contributed by atoms with van der Waals surface area (Å²) in [6.07, 6.45) is 12.4. The molecule has 5 unspecified atom stereocenters. The Kier molecular flexibility index (Phi) is 1.26. The molecule has 0 aromatic rings. The standard InChI is InChI=1S/C15H23N/c16-9-13-5-10-4-11-14(2-1-3-14)12(7-13)15(11,6-10)8-13/h10-12H,1-9,16H2. The van der Waals surface area contributed by atoms with Crippen molar-refractivity contribution < 1.29 is 0 Å². The van der Waals surface area contributed by atoms with E-state index in [0.29, 0.717) is 5.41 Å². The van der Waals surface area contributed by atoms with E-state index in [0.717, 1.165) is 35.1 Å². The van der Waals surface area contributed by atoms with E-state index in [4.69, 9.17) is 5.73 Å². The van der Waals surface area contributed by atoms with Crippen LogP contribution in [0.15, 0.2) is 0 Å². The van der Waals surface area contributed by atoms with Crippen molar-refractivity contribution >= 4 is 0 Å². The maximum absolute atomic E-state index is 6.15. The molecule has 0 aromatic carbocycles. The van der Waals surface area contributed by atoms with Crippen molar-refractivity contribution in [1.82, 2.24) is 0 Å². The van der Waals surface area contributed by atoms with Gasteiger partial charge in [0.2, 0.25) is 0 Å². The van der Waals surface area contributed by atoms with Crippen LogP contribution in [-0.4, -0.2) is 6.54 Å². The number of hydrogen-bond acceptors (Lipinski definition) is 1. The van der Waals surface area contributed by atoms with Crippen LogP contribution >= 0.6 is 0 Å². The van der Waals surface area contributed by atoms with Gasteiger partial charge in [0.05, 0.1) is 0 Å². The lowest BCUT2D eigenvalue weighted by atomic mass is 9.35. The van der Waals surface area contributed by atoms with Gasteiger partial charge in [0.25, 0.3) is 0 Å². The third-order valence-electron chi connectivity index (χ3n) is 7.79. The molecule has 5 atom stereocenters. The lowest BCUT2D eigenvalue weighted by Gasteiger charge is -2.69. The summed E-state index contributed by atoms with van der Waals surface area (Å²) >= 11 is 0. The fraction of sp³-hybridized carbons (Fsp3) is 1.00. The van der Waals surface area contributed by atoms with E-state index < -0.39 is 0 Å². The maximum atomic E-state index is 6.15. The van der Waals surface area contributed by atoms with E-state index in [9.17, 15) is 0 Å². The van der Waals surface area contributed by atoms with Gasteiger partial charge in [-0.05, 0) is 85.5 Å². The van der Waals surface area contributed by atoms with Gasteiger partial charge in [0.1, 0.15) is 0 Å². The molecule has 5 rings (SSSR count). The topological polar surface area (TPSA) is 26.0 Å². The highest BCUT2D eigenvalue weighted by Crippen LogP contribution is 2.87. The van der Waals surface area contributed by atoms with E-state index in [1.807, 2.05) is 0 Å². The molecule has 16 heavy (non-hydrogen) atoms. The molecule has 0 aliphatic heterocycles. The minimum atomic E-state index is 0.613. The van der Waals surface area contributed by atoms with Crippen molar-refractivity contribution in [2.75, 3.05) is 6.54 Å². The summed E-state index contributed by atoms with van der Waals surface area (Å²) in [6.45, 7) is 0.991. The molecule has 2 spiro atoms. The zero-order valence-corrected chi connectivity index (χ0v) is 10.2. The molecular formula is C15H23N. The highest BCUT2D eigenvalue weighted by atomic mass is 14.9. The van der Waals surface area contributed by atoms with E-state index in [-0.39, 0.29) is 0 Å². The van der Waals surface area contributed by atoms with Crippen LogP contribution in [0.3, 0.4) is 0 Å². The Hall–Kier alpha value is -0.0400. The zero-order valence-electron chi connectivity index (χ0n) is 10.2. The maximum Gasteiger partial charge on any atom is -0.00201 e. The first kappa shape index (κ1) is 8.97. The molecule has 0 saturated heterocycles. The van der Waals surface area contributed by atoms with Crippen molar-refractivity contribution in [3.63, 3.8) is 0 Å². The molecule has 1 heteroatoms. The molecule has 0 radical (unpaired) electrons. The molecule has 88 valence electrons. The highest BCUT2D eigenvalue weighted by Gasteiger charge is 2.80. The molecular weight excluding hydrogens is 194 g/mol. The van der Waals surface area contributed by atoms with E-state index in [1.165, 1.54) is 25.7 Å². The van der Waals surface area contributed by atoms with Gasteiger partial charge in [-0.1, -0.05) is 6.42 Å². The van der Waals surface area contributed by atoms with Crippen LogP contribution in [0.1, 0.15) is 51.4 Å². The van der Waals surface area contributed by atoms with Gasteiger partial charge in [0.15, 0.2) is 0 Å². The summed E-state index contributed by atoms with van der Waals surface area (Å²) in [5.41, 5.74) is 8.47. The zero-order chi connectivity index (χ0) is 10.6. The summed E-state index contributed by atoms with van der Waals surface area (Å²) < 4.78 is 0. The SMILES string of the molecule is NCC12CC3CC4C5(CCC5)C(C1)C4(C3)C2. The van der Waals surface area contributed by atoms with E-state index in [1.54, 1.807) is 25.7 Å². The molecule has 5 saturated carbocycles. The molecule has 1 nitrogen and oxygen atoms in total. The van der Waals surface area contributed by atoms with Gasteiger partial charge in [-0.2, -0.15) is 0 Å². The second kappa shape index (κ2) is 2.25. The van der Waals surface area contributed by atoms with Crippen LogP contribution in [0, 0.1) is 34.0 Å².